The second-order valence-electron chi connectivity index (χ2n) is 3.92. The number of aliphatic hydroxyl groups is 2. The summed E-state index contributed by atoms with van der Waals surface area (Å²) in [7, 11) is 0. The van der Waals surface area contributed by atoms with E-state index in [1.165, 1.54) is 6.92 Å². The maximum Gasteiger partial charge on any atom is 0.143 e. The highest BCUT2D eigenvalue weighted by Crippen LogP contribution is 1.98. The van der Waals surface area contributed by atoms with E-state index in [4.69, 9.17) is 5.11 Å². The van der Waals surface area contributed by atoms with E-state index < -0.39 is 6.10 Å². The average molecular weight is 203 g/mol. The summed E-state index contributed by atoms with van der Waals surface area (Å²) < 4.78 is 0. The second kappa shape index (κ2) is 6.92. The fourth-order valence-corrected chi connectivity index (χ4v) is 1.29. The molecule has 2 unspecified atom stereocenters. The summed E-state index contributed by atoms with van der Waals surface area (Å²) >= 11 is 0. The number of nitrogens with zero attached hydrogens (tertiary/aromatic N) is 1. The highest BCUT2D eigenvalue weighted by atomic mass is 16.3. The minimum Gasteiger partial charge on any atom is -0.393 e. The Morgan fingerprint density at radius 2 is 1.86 bits per heavy atom. The van der Waals surface area contributed by atoms with Gasteiger partial charge in [0.05, 0.1) is 18.8 Å². The number of carbonyl (C=O) groups excluding carboxylic acids is 1. The molecule has 0 saturated carbocycles. The zero-order chi connectivity index (χ0) is 11.1. The molecule has 0 heterocycles. The molecule has 0 amide bonds. The first kappa shape index (κ1) is 13.5. The van der Waals surface area contributed by atoms with Crippen molar-refractivity contribution in [1.82, 2.24) is 4.90 Å². The predicted octanol–water partition coefficient (Wildman–Crippen LogP) is 0.0291. The molecule has 0 rings (SSSR count). The van der Waals surface area contributed by atoms with E-state index in [1.54, 1.807) is 13.8 Å². The number of Topliss-reactive ketones (excluding diaryl/α,β-unsaturated/α-hetero) is 1. The molecule has 2 N–H and O–H groups in total. The van der Waals surface area contributed by atoms with E-state index in [0.717, 1.165) is 0 Å². The first-order chi connectivity index (χ1) is 6.41. The summed E-state index contributed by atoms with van der Waals surface area (Å²) in [5, 5.41) is 18.3. The lowest BCUT2D eigenvalue weighted by molar-refractivity contribution is -0.118. The molecule has 0 aromatic heterocycles. The van der Waals surface area contributed by atoms with Crippen LogP contribution in [0.5, 0.6) is 0 Å². The highest BCUT2D eigenvalue weighted by Gasteiger charge is 2.11. The van der Waals surface area contributed by atoms with Gasteiger partial charge >= 0.3 is 0 Å². The van der Waals surface area contributed by atoms with Gasteiger partial charge in [0.2, 0.25) is 0 Å². The van der Waals surface area contributed by atoms with E-state index in [0.29, 0.717) is 26.1 Å². The molecule has 4 heteroatoms. The number of carbonyl (C=O) groups is 1. The molecule has 0 spiro atoms. The van der Waals surface area contributed by atoms with Crippen LogP contribution in [0, 0.1) is 0 Å². The lowest BCUT2D eigenvalue weighted by Gasteiger charge is -2.22. The molecular weight excluding hydrogens is 182 g/mol. The molecule has 4 nitrogen and oxygen atoms in total. The van der Waals surface area contributed by atoms with Crippen molar-refractivity contribution in [2.24, 2.45) is 0 Å². The van der Waals surface area contributed by atoms with Crippen LogP contribution in [0.4, 0.5) is 0 Å². The van der Waals surface area contributed by atoms with Crippen molar-refractivity contribution in [2.75, 3.05) is 19.6 Å². The summed E-state index contributed by atoms with van der Waals surface area (Å²) in [6, 6.07) is 0. The topological polar surface area (TPSA) is 60.8 Å². The van der Waals surface area contributed by atoms with Gasteiger partial charge in [-0.2, -0.15) is 0 Å². The van der Waals surface area contributed by atoms with Gasteiger partial charge in [-0.15, -0.1) is 0 Å². The Kier molecular flexibility index (Phi) is 6.70. The fraction of sp³-hybridized carbons (Fsp3) is 0.900. The van der Waals surface area contributed by atoms with E-state index in [2.05, 4.69) is 0 Å². The van der Waals surface area contributed by atoms with E-state index in [1.807, 2.05) is 4.90 Å². The zero-order valence-corrected chi connectivity index (χ0v) is 9.23. The molecule has 84 valence electrons. The predicted molar refractivity (Wildman–Crippen MR) is 55.1 cm³/mol. The molecule has 0 aliphatic heterocycles. The van der Waals surface area contributed by atoms with Gasteiger partial charge in [-0.05, 0) is 27.2 Å². The van der Waals surface area contributed by atoms with Crippen LogP contribution >= 0.6 is 0 Å². The smallest absolute Gasteiger partial charge is 0.143 e. The Labute approximate surface area is 85.5 Å². The van der Waals surface area contributed by atoms with Crippen molar-refractivity contribution < 1.29 is 15.0 Å². The Bertz CT molecular complexity index is 169. The van der Waals surface area contributed by atoms with Crippen LogP contribution in [-0.2, 0) is 4.79 Å². The number of rotatable bonds is 7. The summed E-state index contributed by atoms with van der Waals surface area (Å²) in [5.41, 5.74) is 0. The van der Waals surface area contributed by atoms with Crippen LogP contribution in [0.25, 0.3) is 0 Å². The van der Waals surface area contributed by atoms with Crippen LogP contribution in [0.3, 0.4) is 0 Å². The lowest BCUT2D eigenvalue weighted by Crippen LogP contribution is -2.36. The molecule has 0 bridgehead atoms. The summed E-state index contributed by atoms with van der Waals surface area (Å²) in [5.74, 6) is 0.0799. The minimum absolute atomic E-state index is 0.0799. The largest absolute Gasteiger partial charge is 0.393 e. The molecule has 2 atom stereocenters. The average Bonchev–Trinajstić information content (AvgIpc) is 1.97. The van der Waals surface area contributed by atoms with Crippen molar-refractivity contribution in [3.05, 3.63) is 0 Å². The van der Waals surface area contributed by atoms with Crippen molar-refractivity contribution >= 4 is 5.78 Å². The van der Waals surface area contributed by atoms with Crippen molar-refractivity contribution in [3.8, 4) is 0 Å². The summed E-state index contributed by atoms with van der Waals surface area (Å²) in [4.78, 5) is 12.8. The maximum absolute atomic E-state index is 10.9. The first-order valence-corrected chi connectivity index (χ1v) is 4.99. The van der Waals surface area contributed by atoms with Crippen LogP contribution < -0.4 is 0 Å². The lowest BCUT2D eigenvalue weighted by atomic mass is 10.2. The standard InChI is InChI=1S/C10H21NO3/c1-8(12)4-5-11(6-9(2)13)7-10(3)14/h8-9,12-13H,4-7H2,1-3H3. The maximum atomic E-state index is 10.9. The van der Waals surface area contributed by atoms with Gasteiger partial charge in [-0.1, -0.05) is 0 Å². The van der Waals surface area contributed by atoms with E-state index >= 15 is 0 Å². The number of aliphatic hydroxyl groups excluding tert-OH is 2. The van der Waals surface area contributed by atoms with Crippen LogP contribution in [0.1, 0.15) is 27.2 Å². The van der Waals surface area contributed by atoms with Gasteiger partial charge < -0.3 is 10.2 Å². The molecule has 0 aromatic rings. The summed E-state index contributed by atoms with van der Waals surface area (Å²) in [6.45, 7) is 6.40. The van der Waals surface area contributed by atoms with Gasteiger partial charge in [0.15, 0.2) is 0 Å². The molecule has 0 radical (unpaired) electrons. The van der Waals surface area contributed by atoms with Gasteiger partial charge in [0.25, 0.3) is 0 Å². The zero-order valence-electron chi connectivity index (χ0n) is 9.23. The van der Waals surface area contributed by atoms with Gasteiger partial charge in [0, 0.05) is 13.1 Å². The fourth-order valence-electron chi connectivity index (χ4n) is 1.29. The third-order valence-electron chi connectivity index (χ3n) is 1.83. The van der Waals surface area contributed by atoms with Crippen molar-refractivity contribution in [2.45, 2.75) is 39.4 Å². The molecule has 0 aliphatic rings. The summed E-state index contributed by atoms with van der Waals surface area (Å²) in [6.07, 6.45) is -0.179. The SMILES string of the molecule is CC(=O)CN(CCC(C)O)CC(C)O. The Morgan fingerprint density at radius 1 is 1.29 bits per heavy atom. The normalized spacial score (nSPS) is 15.6. The molecule has 0 aliphatic carbocycles. The Balaban J connectivity index is 3.90. The molecule has 14 heavy (non-hydrogen) atoms. The minimum atomic E-state index is -0.441. The highest BCUT2D eigenvalue weighted by molar-refractivity contribution is 5.77. The molecular formula is C10H21NO3. The number of ketones is 1. The van der Waals surface area contributed by atoms with Crippen LogP contribution in [0.2, 0.25) is 0 Å². The number of hydrogen-bond acceptors (Lipinski definition) is 4. The van der Waals surface area contributed by atoms with E-state index in [-0.39, 0.29) is 11.9 Å². The second-order valence-corrected chi connectivity index (χ2v) is 3.92. The number of hydrogen-bond donors (Lipinski definition) is 2. The van der Waals surface area contributed by atoms with E-state index in [9.17, 15) is 9.90 Å². The van der Waals surface area contributed by atoms with Gasteiger partial charge in [-0.3, -0.25) is 9.69 Å². The van der Waals surface area contributed by atoms with Crippen molar-refractivity contribution in [1.29, 1.82) is 0 Å². The molecule has 0 aromatic carbocycles. The Morgan fingerprint density at radius 3 is 2.21 bits per heavy atom. The quantitative estimate of drug-likeness (QED) is 0.613. The first-order valence-electron chi connectivity index (χ1n) is 4.99. The molecule has 0 saturated heterocycles. The van der Waals surface area contributed by atoms with Crippen LogP contribution in [-0.4, -0.2) is 52.7 Å². The third-order valence-corrected chi connectivity index (χ3v) is 1.83. The van der Waals surface area contributed by atoms with Crippen LogP contribution in [0.15, 0.2) is 0 Å². The van der Waals surface area contributed by atoms with Gasteiger partial charge in [-0.25, -0.2) is 0 Å². The van der Waals surface area contributed by atoms with Gasteiger partial charge in [0.1, 0.15) is 5.78 Å². The monoisotopic (exact) mass is 203 g/mol. The Hall–Kier alpha value is -0.450. The molecule has 0 fully saturated rings. The third kappa shape index (κ3) is 8.16. The van der Waals surface area contributed by atoms with Crippen molar-refractivity contribution in [3.63, 3.8) is 0 Å².